The summed E-state index contributed by atoms with van der Waals surface area (Å²) in [5.41, 5.74) is 1.22. The fourth-order valence-corrected chi connectivity index (χ4v) is 2.54. The van der Waals surface area contributed by atoms with E-state index in [4.69, 9.17) is 0 Å². The zero-order chi connectivity index (χ0) is 14.2. The third kappa shape index (κ3) is 4.53. The Balaban J connectivity index is 1.62. The summed E-state index contributed by atoms with van der Waals surface area (Å²) in [4.78, 5) is 14.1. The maximum atomic E-state index is 11.9. The van der Waals surface area contributed by atoms with E-state index in [9.17, 15) is 4.79 Å². The molecule has 1 aromatic rings. The fourth-order valence-electron chi connectivity index (χ4n) is 2.54. The molecule has 0 unspecified atom stereocenters. The third-order valence-electron chi connectivity index (χ3n) is 3.79. The molecule has 1 aliphatic heterocycles. The molecule has 0 saturated carbocycles. The molecule has 1 fully saturated rings. The number of carbonyl (C=O) groups is 1. The van der Waals surface area contributed by atoms with Crippen molar-refractivity contribution in [2.45, 2.75) is 31.7 Å². The largest absolute Gasteiger partial charge is 0.375 e. The van der Waals surface area contributed by atoms with Crippen molar-refractivity contribution in [1.82, 2.24) is 10.6 Å². The maximum absolute atomic E-state index is 11.9. The van der Waals surface area contributed by atoms with Crippen molar-refractivity contribution < 1.29 is 4.79 Å². The van der Waals surface area contributed by atoms with Crippen molar-refractivity contribution in [1.29, 1.82) is 0 Å². The van der Waals surface area contributed by atoms with Gasteiger partial charge >= 0.3 is 0 Å². The Morgan fingerprint density at radius 1 is 1.35 bits per heavy atom. The summed E-state index contributed by atoms with van der Waals surface area (Å²) < 4.78 is 0. The molecule has 4 heteroatoms. The number of hydrogen-bond acceptors (Lipinski definition) is 3. The van der Waals surface area contributed by atoms with Gasteiger partial charge in [-0.05, 0) is 37.9 Å². The van der Waals surface area contributed by atoms with Crippen molar-refractivity contribution in [3.63, 3.8) is 0 Å². The molecule has 2 N–H and O–H groups in total. The van der Waals surface area contributed by atoms with Gasteiger partial charge in [-0.2, -0.15) is 0 Å². The SMILES string of the molecule is CN(CCCNC(=O)[C@@H]1CCCCN1)c1ccccc1. The molecule has 0 radical (unpaired) electrons. The van der Waals surface area contributed by atoms with Crippen LogP contribution in [0.25, 0.3) is 0 Å². The number of nitrogens with zero attached hydrogens (tertiary/aromatic N) is 1. The molecule has 2 rings (SSSR count). The number of para-hydroxylation sites is 1. The molecular weight excluding hydrogens is 250 g/mol. The quantitative estimate of drug-likeness (QED) is 0.778. The molecule has 1 aliphatic rings. The number of piperidine rings is 1. The van der Waals surface area contributed by atoms with E-state index < -0.39 is 0 Å². The molecule has 0 bridgehead atoms. The number of benzene rings is 1. The van der Waals surface area contributed by atoms with E-state index in [1.54, 1.807) is 0 Å². The Morgan fingerprint density at radius 2 is 2.15 bits per heavy atom. The number of anilines is 1. The molecule has 1 saturated heterocycles. The first-order chi connectivity index (χ1) is 9.77. The zero-order valence-electron chi connectivity index (χ0n) is 12.3. The Labute approximate surface area is 121 Å². The van der Waals surface area contributed by atoms with Crippen molar-refractivity contribution in [3.8, 4) is 0 Å². The van der Waals surface area contributed by atoms with Crippen LogP contribution in [0.1, 0.15) is 25.7 Å². The molecule has 1 heterocycles. The zero-order valence-corrected chi connectivity index (χ0v) is 12.3. The first-order valence-corrected chi connectivity index (χ1v) is 7.54. The van der Waals surface area contributed by atoms with Gasteiger partial charge in [0.15, 0.2) is 0 Å². The van der Waals surface area contributed by atoms with Gasteiger partial charge in [0.1, 0.15) is 0 Å². The van der Waals surface area contributed by atoms with Crippen LogP contribution in [0.2, 0.25) is 0 Å². The average Bonchev–Trinajstić information content (AvgIpc) is 2.53. The molecule has 0 spiro atoms. The van der Waals surface area contributed by atoms with Gasteiger partial charge in [-0.1, -0.05) is 24.6 Å². The lowest BCUT2D eigenvalue weighted by molar-refractivity contribution is -0.123. The molecule has 1 aromatic carbocycles. The fraction of sp³-hybridized carbons (Fsp3) is 0.562. The number of carbonyl (C=O) groups excluding carboxylic acids is 1. The van der Waals surface area contributed by atoms with E-state index in [2.05, 4.69) is 34.7 Å². The standard InChI is InChI=1S/C16H25N3O/c1-19(14-8-3-2-4-9-14)13-7-12-18-16(20)15-10-5-6-11-17-15/h2-4,8-9,15,17H,5-7,10-13H2,1H3,(H,18,20)/t15-/m0/s1. The van der Waals surface area contributed by atoms with Crippen molar-refractivity contribution in [2.24, 2.45) is 0 Å². The lowest BCUT2D eigenvalue weighted by atomic mass is 10.0. The van der Waals surface area contributed by atoms with Crippen LogP contribution in [0.15, 0.2) is 30.3 Å². The van der Waals surface area contributed by atoms with Crippen LogP contribution in [0.5, 0.6) is 0 Å². The minimum atomic E-state index is 0.0237. The van der Waals surface area contributed by atoms with Gasteiger partial charge in [-0.15, -0.1) is 0 Å². The van der Waals surface area contributed by atoms with Crippen molar-refractivity contribution in [2.75, 3.05) is 31.6 Å². The summed E-state index contributed by atoms with van der Waals surface area (Å²) in [5.74, 6) is 0.159. The molecule has 20 heavy (non-hydrogen) atoms. The predicted octanol–water partition coefficient (Wildman–Crippen LogP) is 1.77. The average molecular weight is 275 g/mol. The van der Waals surface area contributed by atoms with Gasteiger partial charge in [-0.25, -0.2) is 0 Å². The second-order valence-corrected chi connectivity index (χ2v) is 5.40. The van der Waals surface area contributed by atoms with Crippen LogP contribution < -0.4 is 15.5 Å². The van der Waals surface area contributed by atoms with E-state index in [1.165, 1.54) is 12.1 Å². The van der Waals surface area contributed by atoms with Crippen LogP contribution in [0, 0.1) is 0 Å². The third-order valence-corrected chi connectivity index (χ3v) is 3.79. The lowest BCUT2D eigenvalue weighted by Gasteiger charge is -2.23. The predicted molar refractivity (Wildman–Crippen MR) is 83.0 cm³/mol. The molecule has 1 amide bonds. The highest BCUT2D eigenvalue weighted by Gasteiger charge is 2.19. The number of nitrogens with one attached hydrogen (secondary N) is 2. The smallest absolute Gasteiger partial charge is 0.237 e. The van der Waals surface area contributed by atoms with Gasteiger partial charge in [0, 0.05) is 25.8 Å². The normalized spacial score (nSPS) is 18.6. The van der Waals surface area contributed by atoms with Crippen molar-refractivity contribution >= 4 is 11.6 Å². The first kappa shape index (κ1) is 14.9. The van der Waals surface area contributed by atoms with Crippen LogP contribution in [-0.4, -0.2) is 38.6 Å². The van der Waals surface area contributed by atoms with E-state index in [1.807, 2.05) is 18.2 Å². The molecule has 4 nitrogen and oxygen atoms in total. The summed E-state index contributed by atoms with van der Waals surface area (Å²) >= 11 is 0. The Bertz CT molecular complexity index is 401. The summed E-state index contributed by atoms with van der Waals surface area (Å²) in [5, 5.41) is 6.30. The van der Waals surface area contributed by atoms with Crippen LogP contribution in [0.3, 0.4) is 0 Å². The molecular formula is C16H25N3O. The molecule has 1 atom stereocenters. The van der Waals surface area contributed by atoms with E-state index in [-0.39, 0.29) is 11.9 Å². The minimum absolute atomic E-state index is 0.0237. The lowest BCUT2D eigenvalue weighted by Crippen LogP contribution is -2.47. The monoisotopic (exact) mass is 275 g/mol. The highest BCUT2D eigenvalue weighted by atomic mass is 16.2. The van der Waals surface area contributed by atoms with E-state index in [0.29, 0.717) is 0 Å². The second-order valence-electron chi connectivity index (χ2n) is 5.40. The molecule has 110 valence electrons. The topological polar surface area (TPSA) is 44.4 Å². The van der Waals surface area contributed by atoms with E-state index in [0.717, 1.165) is 38.9 Å². The Kier molecular flexibility index (Phi) is 5.87. The van der Waals surface area contributed by atoms with Gasteiger partial charge in [-0.3, -0.25) is 4.79 Å². The Morgan fingerprint density at radius 3 is 2.85 bits per heavy atom. The van der Waals surface area contributed by atoms with Crippen LogP contribution in [-0.2, 0) is 4.79 Å². The minimum Gasteiger partial charge on any atom is -0.375 e. The summed E-state index contributed by atoms with van der Waals surface area (Å²) in [7, 11) is 2.08. The maximum Gasteiger partial charge on any atom is 0.237 e. The van der Waals surface area contributed by atoms with Gasteiger partial charge in [0.2, 0.25) is 5.91 Å². The number of rotatable bonds is 6. The summed E-state index contributed by atoms with van der Waals surface area (Å²) in [6, 6.07) is 10.3. The summed E-state index contributed by atoms with van der Waals surface area (Å²) in [6.45, 7) is 2.66. The van der Waals surface area contributed by atoms with Crippen molar-refractivity contribution in [3.05, 3.63) is 30.3 Å². The van der Waals surface area contributed by atoms with Crippen LogP contribution in [0.4, 0.5) is 5.69 Å². The molecule has 0 aliphatic carbocycles. The highest BCUT2D eigenvalue weighted by molar-refractivity contribution is 5.81. The van der Waals surface area contributed by atoms with E-state index >= 15 is 0 Å². The van der Waals surface area contributed by atoms with Gasteiger partial charge in [0.05, 0.1) is 6.04 Å². The Hall–Kier alpha value is -1.55. The second kappa shape index (κ2) is 7.90. The first-order valence-electron chi connectivity index (χ1n) is 7.54. The highest BCUT2D eigenvalue weighted by Crippen LogP contribution is 2.11. The van der Waals surface area contributed by atoms with Gasteiger partial charge in [0.25, 0.3) is 0 Å². The van der Waals surface area contributed by atoms with Gasteiger partial charge < -0.3 is 15.5 Å². The number of hydrogen-bond donors (Lipinski definition) is 2. The molecule has 0 aromatic heterocycles. The summed E-state index contributed by atoms with van der Waals surface area (Å²) in [6.07, 6.45) is 4.27. The number of amides is 1. The van der Waals surface area contributed by atoms with Crippen LogP contribution >= 0.6 is 0 Å².